The Morgan fingerprint density at radius 2 is 1.82 bits per heavy atom. The van der Waals surface area contributed by atoms with Crippen LogP contribution in [0.5, 0.6) is 0 Å². The third-order valence-corrected chi connectivity index (χ3v) is 5.13. The third kappa shape index (κ3) is 4.62. The minimum absolute atomic E-state index is 0.348. The van der Waals surface area contributed by atoms with Gasteiger partial charge in [0.2, 0.25) is 0 Å². The predicted molar refractivity (Wildman–Crippen MR) is 105 cm³/mol. The van der Waals surface area contributed by atoms with Crippen LogP contribution in [0.3, 0.4) is 0 Å². The van der Waals surface area contributed by atoms with Gasteiger partial charge in [0, 0.05) is 4.88 Å². The normalized spacial score (nSPS) is 10.9. The van der Waals surface area contributed by atoms with Crippen molar-refractivity contribution in [1.29, 1.82) is 0 Å². The van der Waals surface area contributed by atoms with Crippen LogP contribution in [0.1, 0.15) is 27.7 Å². The fraction of sp³-hybridized carbons (Fsp3) is 0.190. The van der Waals surface area contributed by atoms with Crippen molar-refractivity contribution in [3.8, 4) is 10.4 Å². The Balaban J connectivity index is 1.75. The zero-order valence-electron chi connectivity index (χ0n) is 15.4. The van der Waals surface area contributed by atoms with Crippen molar-refractivity contribution in [2.45, 2.75) is 20.5 Å². The molecule has 0 saturated carbocycles. The highest BCUT2D eigenvalue weighted by Gasteiger charge is 2.16. The van der Waals surface area contributed by atoms with Gasteiger partial charge in [0.1, 0.15) is 23.9 Å². The molecule has 1 amide bonds. The number of carbonyl (C=O) groups is 1. The highest BCUT2D eigenvalue weighted by molar-refractivity contribution is 7.17. The molecule has 0 bridgehead atoms. The van der Waals surface area contributed by atoms with Crippen molar-refractivity contribution in [1.82, 2.24) is 0 Å². The molecule has 3 rings (SSSR count). The second kappa shape index (κ2) is 9.05. The highest BCUT2D eigenvalue weighted by atomic mass is 32.1. The van der Waals surface area contributed by atoms with Crippen LogP contribution in [0.2, 0.25) is 0 Å². The largest absolute Gasteiger partial charge is 0.316 e. The van der Waals surface area contributed by atoms with Crippen LogP contribution in [0.15, 0.2) is 48.5 Å². The molecule has 2 aromatic carbocycles. The Bertz CT molecular complexity index is 967. The molecule has 0 aliphatic carbocycles. The molecule has 4 nitrogen and oxygen atoms in total. The lowest BCUT2D eigenvalue weighted by Crippen LogP contribution is -2.12. The maximum absolute atomic E-state index is 13.7. The molecular weight excluding hydrogens is 384 g/mol. The first kappa shape index (κ1) is 20.1. The van der Waals surface area contributed by atoms with Crippen molar-refractivity contribution in [2.75, 3.05) is 11.9 Å². The first-order valence-electron chi connectivity index (χ1n) is 8.69. The number of amides is 1. The number of carbonyl (C=O) groups excluding carboxylic acids is 1. The van der Waals surface area contributed by atoms with Gasteiger partial charge in [0.15, 0.2) is 0 Å². The van der Waals surface area contributed by atoms with Gasteiger partial charge in [-0.25, -0.2) is 18.6 Å². The summed E-state index contributed by atoms with van der Waals surface area (Å²) in [6, 6.07) is 12.8. The Morgan fingerprint density at radius 1 is 1.07 bits per heavy atom. The van der Waals surface area contributed by atoms with Crippen LogP contribution >= 0.6 is 11.3 Å². The molecule has 0 saturated heterocycles. The molecule has 0 fully saturated rings. The van der Waals surface area contributed by atoms with E-state index in [-0.39, 0.29) is 0 Å². The number of halogens is 2. The smallest absolute Gasteiger partial charge is 0.265 e. The molecule has 1 aromatic heterocycles. The van der Waals surface area contributed by atoms with Crippen molar-refractivity contribution in [3.05, 3.63) is 76.2 Å². The van der Waals surface area contributed by atoms with Crippen LogP contribution in [-0.2, 0) is 16.4 Å². The lowest BCUT2D eigenvalue weighted by molar-refractivity contribution is -0.300. The van der Waals surface area contributed by atoms with Crippen molar-refractivity contribution in [3.63, 3.8) is 0 Å². The molecule has 0 aliphatic heterocycles. The van der Waals surface area contributed by atoms with Gasteiger partial charge in [0.25, 0.3) is 5.91 Å². The van der Waals surface area contributed by atoms with E-state index in [0.29, 0.717) is 18.1 Å². The van der Waals surface area contributed by atoms with Gasteiger partial charge >= 0.3 is 0 Å². The molecule has 0 spiro atoms. The summed E-state index contributed by atoms with van der Waals surface area (Å²) in [7, 11) is 0. The van der Waals surface area contributed by atoms with Gasteiger partial charge in [-0.15, -0.1) is 11.3 Å². The van der Waals surface area contributed by atoms with Crippen LogP contribution in [0.4, 0.5) is 14.5 Å². The average Bonchev–Trinajstić information content (AvgIpc) is 3.15. The van der Waals surface area contributed by atoms with E-state index in [1.54, 1.807) is 6.07 Å². The fourth-order valence-electron chi connectivity index (χ4n) is 2.68. The summed E-state index contributed by atoms with van der Waals surface area (Å²) >= 11 is 1.25. The van der Waals surface area contributed by atoms with E-state index in [9.17, 15) is 13.6 Å². The predicted octanol–water partition coefficient (Wildman–Crippen LogP) is 5.72. The summed E-state index contributed by atoms with van der Waals surface area (Å²) in [5.41, 5.74) is 2.52. The van der Waals surface area contributed by atoms with Gasteiger partial charge in [-0.05, 0) is 54.8 Å². The van der Waals surface area contributed by atoms with Gasteiger partial charge in [-0.3, -0.25) is 4.79 Å². The number of hydrogen-bond acceptors (Lipinski definition) is 4. The average molecular weight is 403 g/mol. The lowest BCUT2D eigenvalue weighted by atomic mass is 10.0. The number of rotatable bonds is 7. The van der Waals surface area contributed by atoms with Gasteiger partial charge in [-0.2, -0.15) is 0 Å². The minimum Gasteiger partial charge on any atom is -0.316 e. The zero-order valence-corrected chi connectivity index (χ0v) is 16.2. The van der Waals surface area contributed by atoms with Crippen LogP contribution in [-0.4, -0.2) is 12.5 Å². The van der Waals surface area contributed by atoms with Crippen LogP contribution in [0, 0.1) is 18.6 Å². The lowest BCUT2D eigenvalue weighted by Gasteiger charge is -2.08. The molecule has 7 heteroatoms. The SMILES string of the molecule is CCOOCc1ccc(-c2ccc(C(=O)Nc3c(F)cccc3F)s2)c(C)c1. The Kier molecular flexibility index (Phi) is 6.51. The van der Waals surface area contributed by atoms with E-state index in [2.05, 4.69) is 5.32 Å². The number of thiophene rings is 1. The Morgan fingerprint density at radius 3 is 2.50 bits per heavy atom. The molecule has 28 heavy (non-hydrogen) atoms. The molecule has 0 aliphatic rings. The minimum atomic E-state index is -0.814. The molecule has 0 atom stereocenters. The summed E-state index contributed by atoms with van der Waals surface area (Å²) in [6.07, 6.45) is 0. The molecule has 0 unspecified atom stereocenters. The van der Waals surface area contributed by atoms with E-state index < -0.39 is 23.2 Å². The van der Waals surface area contributed by atoms with Gasteiger partial charge in [-0.1, -0.05) is 24.3 Å². The topological polar surface area (TPSA) is 47.6 Å². The van der Waals surface area contributed by atoms with E-state index in [1.165, 1.54) is 17.4 Å². The summed E-state index contributed by atoms with van der Waals surface area (Å²) in [5, 5.41) is 2.30. The molecule has 1 heterocycles. The van der Waals surface area contributed by atoms with E-state index in [1.807, 2.05) is 38.1 Å². The summed E-state index contributed by atoms with van der Waals surface area (Å²) in [4.78, 5) is 23.6. The van der Waals surface area contributed by atoms with E-state index >= 15 is 0 Å². The first-order valence-corrected chi connectivity index (χ1v) is 9.50. The molecule has 1 N–H and O–H groups in total. The maximum Gasteiger partial charge on any atom is 0.265 e. The third-order valence-electron chi connectivity index (χ3n) is 4.01. The number of para-hydroxylation sites is 1. The Labute approximate surface area is 165 Å². The highest BCUT2D eigenvalue weighted by Crippen LogP contribution is 2.32. The zero-order chi connectivity index (χ0) is 20.1. The number of nitrogens with one attached hydrogen (secondary N) is 1. The molecule has 0 radical (unpaired) electrons. The molecule has 3 aromatic rings. The summed E-state index contributed by atoms with van der Waals surface area (Å²) < 4.78 is 27.5. The second-order valence-corrected chi connectivity index (χ2v) is 7.12. The van der Waals surface area contributed by atoms with Crippen molar-refractivity contribution >= 4 is 22.9 Å². The summed E-state index contributed by atoms with van der Waals surface area (Å²) in [5.74, 6) is -2.18. The number of benzene rings is 2. The fourth-order valence-corrected chi connectivity index (χ4v) is 3.67. The summed E-state index contributed by atoms with van der Waals surface area (Å²) in [6.45, 7) is 4.64. The van der Waals surface area contributed by atoms with Gasteiger partial charge in [0.05, 0.1) is 11.5 Å². The van der Waals surface area contributed by atoms with E-state index in [0.717, 1.165) is 33.7 Å². The maximum atomic E-state index is 13.7. The second-order valence-electron chi connectivity index (χ2n) is 6.03. The number of aryl methyl sites for hydroxylation is 1. The Hall–Kier alpha value is -2.61. The molecule has 146 valence electrons. The monoisotopic (exact) mass is 403 g/mol. The van der Waals surface area contributed by atoms with Crippen LogP contribution < -0.4 is 5.32 Å². The first-order chi connectivity index (χ1) is 13.5. The number of hydrogen-bond donors (Lipinski definition) is 1. The number of anilines is 1. The van der Waals surface area contributed by atoms with Crippen LogP contribution in [0.25, 0.3) is 10.4 Å². The van der Waals surface area contributed by atoms with Crippen molar-refractivity contribution in [2.24, 2.45) is 0 Å². The molecular formula is C21H19F2NO3S. The van der Waals surface area contributed by atoms with Crippen molar-refractivity contribution < 1.29 is 23.4 Å². The standard InChI is InChI=1S/C21H19F2NO3S/c1-3-26-27-12-14-7-8-15(13(2)11-14)18-9-10-19(28-18)21(25)24-20-16(22)5-4-6-17(20)23/h4-11H,3,12H2,1-2H3,(H,24,25). The van der Waals surface area contributed by atoms with Gasteiger partial charge < -0.3 is 5.32 Å². The quantitative estimate of drug-likeness (QED) is 0.312. The van der Waals surface area contributed by atoms with E-state index in [4.69, 9.17) is 9.78 Å².